The zero-order valence-corrected chi connectivity index (χ0v) is 17.1. The fourth-order valence-corrected chi connectivity index (χ4v) is 3.03. The lowest BCUT2D eigenvalue weighted by molar-refractivity contribution is -0.142. The molecule has 1 aromatic carbocycles. The van der Waals surface area contributed by atoms with E-state index in [0.717, 1.165) is 12.8 Å². The highest BCUT2D eigenvalue weighted by atomic mass is 19.4. The fourth-order valence-electron chi connectivity index (χ4n) is 3.03. The van der Waals surface area contributed by atoms with E-state index in [9.17, 15) is 26.3 Å². The van der Waals surface area contributed by atoms with Crippen LogP contribution in [0.2, 0.25) is 0 Å². The Balaban J connectivity index is 2.49. The second kappa shape index (κ2) is 10.9. The molecule has 6 nitrogen and oxygen atoms in total. The number of nitrogens with zero attached hydrogens (tertiary/aromatic N) is 4. The number of guanidine groups is 1. The van der Waals surface area contributed by atoms with Crippen molar-refractivity contribution in [2.24, 2.45) is 4.99 Å². The summed E-state index contributed by atoms with van der Waals surface area (Å²) in [5.41, 5.74) is -3.06. The molecule has 0 radical (unpaired) electrons. The number of hydrogen-bond acceptors (Lipinski definition) is 3. The molecule has 2 N–H and O–H groups in total. The molecule has 0 amide bonds. The molecule has 0 bridgehead atoms. The zero-order valence-electron chi connectivity index (χ0n) is 17.1. The van der Waals surface area contributed by atoms with E-state index in [-0.39, 0.29) is 12.5 Å². The Bertz CT molecular complexity index is 928. The number of rotatable bonds is 8. The van der Waals surface area contributed by atoms with Crippen LogP contribution in [0.25, 0.3) is 0 Å². The van der Waals surface area contributed by atoms with Crippen LogP contribution in [0.15, 0.2) is 41.9 Å². The van der Waals surface area contributed by atoms with Gasteiger partial charge in [0.2, 0.25) is 12.2 Å². The van der Waals surface area contributed by atoms with E-state index < -0.39 is 35.1 Å². The van der Waals surface area contributed by atoms with E-state index in [1.165, 1.54) is 23.3 Å². The molecular formula is C20H22F6N6. The maximum absolute atomic E-state index is 13.7. The van der Waals surface area contributed by atoms with E-state index in [0.29, 0.717) is 31.2 Å². The van der Waals surface area contributed by atoms with Gasteiger partial charge in [0.1, 0.15) is 0 Å². The van der Waals surface area contributed by atoms with Gasteiger partial charge in [-0.25, -0.2) is 4.98 Å². The first kappa shape index (κ1) is 25.0. The van der Waals surface area contributed by atoms with Gasteiger partial charge in [-0.2, -0.15) is 31.6 Å². The quantitative estimate of drug-likeness (QED) is 0.194. The molecule has 174 valence electrons. The van der Waals surface area contributed by atoms with Gasteiger partial charge in [0, 0.05) is 25.5 Å². The lowest BCUT2D eigenvalue weighted by Crippen LogP contribution is -2.41. The van der Waals surface area contributed by atoms with Crippen molar-refractivity contribution in [1.29, 1.82) is 5.26 Å². The second-order valence-electron chi connectivity index (χ2n) is 6.95. The van der Waals surface area contributed by atoms with Crippen LogP contribution in [0.4, 0.5) is 26.3 Å². The molecule has 0 aliphatic rings. The Morgan fingerprint density at radius 1 is 1.19 bits per heavy atom. The molecule has 1 heterocycles. The summed E-state index contributed by atoms with van der Waals surface area (Å²) in [4.78, 5) is 7.37. The topological polar surface area (TPSA) is 78.0 Å². The normalized spacial score (nSPS) is 13.5. The van der Waals surface area contributed by atoms with Gasteiger partial charge in [-0.1, -0.05) is 19.8 Å². The number of hydrogen-bond donors (Lipinski definition) is 2. The van der Waals surface area contributed by atoms with E-state index in [1.807, 2.05) is 6.92 Å². The summed E-state index contributed by atoms with van der Waals surface area (Å²) in [5, 5.41) is 14.5. The van der Waals surface area contributed by atoms with Crippen LogP contribution >= 0.6 is 0 Å². The Kier molecular flexibility index (Phi) is 8.51. The molecule has 2 aromatic rings. The number of nitrogens with one attached hydrogen (secondary N) is 2. The standard InChI is InChI=1S/C20H22F6N6/c1-2-3-4-7-29-18(30-12-27)31-17(11-32-9-8-28-13-32)15-10-14(19(21,22)23)5-6-16(15)20(24,25)26/h5-6,8-10,13,17H,2-4,7,11H2,1H3,(H2,29,30,31). The average molecular weight is 460 g/mol. The number of halogens is 6. The first-order valence-electron chi connectivity index (χ1n) is 9.77. The molecule has 0 saturated heterocycles. The lowest BCUT2D eigenvalue weighted by Gasteiger charge is -2.26. The molecule has 12 heteroatoms. The van der Waals surface area contributed by atoms with Crippen molar-refractivity contribution < 1.29 is 26.3 Å². The largest absolute Gasteiger partial charge is 0.416 e. The van der Waals surface area contributed by atoms with Crippen molar-refractivity contribution in [3.8, 4) is 6.19 Å². The molecule has 0 aliphatic carbocycles. The van der Waals surface area contributed by atoms with Crippen molar-refractivity contribution in [2.45, 2.75) is 51.1 Å². The Morgan fingerprint density at radius 3 is 2.50 bits per heavy atom. The van der Waals surface area contributed by atoms with Crippen LogP contribution < -0.4 is 10.6 Å². The van der Waals surface area contributed by atoms with Crippen LogP contribution in [0.1, 0.15) is 48.9 Å². The lowest BCUT2D eigenvalue weighted by atomic mass is 9.96. The van der Waals surface area contributed by atoms with Crippen LogP contribution in [0, 0.1) is 11.5 Å². The minimum Gasteiger partial charge on any atom is -0.355 e. The Hall–Kier alpha value is -3.23. The summed E-state index contributed by atoms with van der Waals surface area (Å²) in [7, 11) is 0. The van der Waals surface area contributed by atoms with Gasteiger partial charge in [-0.15, -0.1) is 4.99 Å². The molecule has 0 spiro atoms. The van der Waals surface area contributed by atoms with E-state index in [2.05, 4.69) is 20.6 Å². The van der Waals surface area contributed by atoms with Gasteiger partial charge < -0.3 is 15.2 Å². The van der Waals surface area contributed by atoms with E-state index in [4.69, 9.17) is 5.26 Å². The van der Waals surface area contributed by atoms with Crippen molar-refractivity contribution in [1.82, 2.24) is 20.2 Å². The average Bonchev–Trinajstić information content (AvgIpc) is 3.22. The van der Waals surface area contributed by atoms with Crippen molar-refractivity contribution in [2.75, 3.05) is 6.54 Å². The smallest absolute Gasteiger partial charge is 0.355 e. The maximum Gasteiger partial charge on any atom is 0.416 e. The number of aliphatic imine (C=N–C) groups is 1. The number of unbranched alkanes of at least 4 members (excludes halogenated alkanes) is 2. The summed E-state index contributed by atoms with van der Waals surface area (Å²) < 4.78 is 82.2. The number of imidazole rings is 1. The van der Waals surface area contributed by atoms with Crippen LogP contribution in [0.5, 0.6) is 0 Å². The number of nitriles is 1. The summed E-state index contributed by atoms with van der Waals surface area (Å²) in [5.74, 6) is -0.126. The number of alkyl halides is 6. The molecule has 0 fully saturated rings. The first-order chi connectivity index (χ1) is 15.1. The van der Waals surface area contributed by atoms with Crippen LogP contribution in [-0.4, -0.2) is 22.1 Å². The molecule has 0 saturated carbocycles. The van der Waals surface area contributed by atoms with Crippen molar-refractivity contribution in [3.05, 3.63) is 53.6 Å². The Labute approximate surface area is 181 Å². The van der Waals surface area contributed by atoms with E-state index >= 15 is 0 Å². The fraction of sp³-hybridized carbons (Fsp3) is 0.450. The maximum atomic E-state index is 13.7. The highest BCUT2D eigenvalue weighted by Gasteiger charge is 2.39. The summed E-state index contributed by atoms with van der Waals surface area (Å²) >= 11 is 0. The second-order valence-corrected chi connectivity index (χ2v) is 6.95. The number of aromatic nitrogens is 2. The monoisotopic (exact) mass is 460 g/mol. The predicted octanol–water partition coefficient (Wildman–Crippen LogP) is 4.87. The Morgan fingerprint density at radius 2 is 1.94 bits per heavy atom. The van der Waals surface area contributed by atoms with E-state index in [1.54, 1.807) is 6.19 Å². The van der Waals surface area contributed by atoms with Gasteiger partial charge in [-0.3, -0.25) is 0 Å². The van der Waals surface area contributed by atoms with Crippen molar-refractivity contribution >= 4 is 5.96 Å². The molecule has 32 heavy (non-hydrogen) atoms. The summed E-state index contributed by atoms with van der Waals surface area (Å²) in [6, 6.07) is -0.0167. The minimum atomic E-state index is -4.89. The molecule has 1 atom stereocenters. The third-order valence-electron chi connectivity index (χ3n) is 4.56. The van der Waals surface area contributed by atoms with Gasteiger partial charge in [-0.05, 0) is 30.2 Å². The van der Waals surface area contributed by atoms with Gasteiger partial charge in [0.05, 0.1) is 23.5 Å². The summed E-state index contributed by atoms with van der Waals surface area (Å²) in [6.07, 6.45) is -1.50. The zero-order chi connectivity index (χ0) is 23.8. The van der Waals surface area contributed by atoms with Gasteiger partial charge in [0.15, 0.2) is 0 Å². The molecular weight excluding hydrogens is 438 g/mol. The van der Waals surface area contributed by atoms with Gasteiger partial charge in [0.25, 0.3) is 0 Å². The molecule has 1 unspecified atom stereocenters. The first-order valence-corrected chi connectivity index (χ1v) is 9.77. The highest BCUT2D eigenvalue weighted by molar-refractivity contribution is 5.81. The third-order valence-corrected chi connectivity index (χ3v) is 4.56. The van der Waals surface area contributed by atoms with Crippen LogP contribution in [-0.2, 0) is 18.9 Å². The number of benzene rings is 1. The molecule has 1 aromatic heterocycles. The minimum absolute atomic E-state index is 0.126. The van der Waals surface area contributed by atoms with Crippen LogP contribution in [0.3, 0.4) is 0 Å². The summed E-state index contributed by atoms with van der Waals surface area (Å²) in [6.45, 7) is 2.18. The van der Waals surface area contributed by atoms with Gasteiger partial charge >= 0.3 is 12.4 Å². The highest BCUT2D eigenvalue weighted by Crippen LogP contribution is 2.39. The predicted molar refractivity (Wildman–Crippen MR) is 105 cm³/mol. The third kappa shape index (κ3) is 7.18. The molecule has 0 aliphatic heterocycles. The molecule has 2 rings (SSSR count). The van der Waals surface area contributed by atoms with Crippen molar-refractivity contribution in [3.63, 3.8) is 0 Å². The SMILES string of the molecule is CCCCCNC(=NC#N)NC(Cn1ccnc1)c1cc(C(F)(F)F)ccc1C(F)(F)F.